The lowest BCUT2D eigenvalue weighted by molar-refractivity contribution is -0.334. The molecule has 7 aliphatic rings. The maximum Gasteiger partial charge on any atom is 0.230 e. The molecule has 600 valence electrons. The number of fused-ring (bicyclic) bond motifs is 15. The Hall–Kier alpha value is -9.34. The van der Waals surface area contributed by atoms with Crippen LogP contribution in [-0.2, 0) is 49.5 Å². The van der Waals surface area contributed by atoms with Crippen molar-refractivity contribution in [3.63, 3.8) is 0 Å². The third kappa shape index (κ3) is 18.3. The van der Waals surface area contributed by atoms with Crippen LogP contribution in [0, 0.1) is 29.1 Å². The Morgan fingerprint density at radius 2 is 1.32 bits per heavy atom. The highest BCUT2D eigenvalue weighted by Crippen LogP contribution is 2.51. The molecule has 2 saturated heterocycles. The zero-order valence-electron chi connectivity index (χ0n) is 62.0. The molecule has 17 N–H and O–H groups in total. The number of amides is 4. The van der Waals surface area contributed by atoms with E-state index in [1.807, 2.05) is 50.2 Å². The number of Topliss-reactive ketones (excluding diaryl/α,β-unsaturated/α-hetero) is 2. The molecule has 7 aliphatic heterocycles. The van der Waals surface area contributed by atoms with Crippen molar-refractivity contribution in [1.82, 2.24) is 21.3 Å². The SMILES string of the molecule is CC(C)C[C@@H](C)C(=O)N[C@H]1C(=O)C[C@@H](CC(N)=O)C(=O)N[C@H]2C(=N)C[C@@H]3C(=O)C[C@H](C(=O)N[C@H](CO)c4cc(O)cc(O)c4-c4cc3ccc4O)[C@H](O)c3ccc(c(Cl)c3)Oc3cc2cc(c3OC2OC(CO)C(O)[C@H](O)[C@H]2O[C@H]2CC(C)(NCc3ccc(-c4ccc(Cl)cc4)cc3)[C@H](O)[C@H](C)O2)Oc2ccc(cc2Cl)[C@H]1O. The zero-order chi connectivity index (χ0) is 81.3. The molecule has 28 nitrogen and oxygen atoms in total. The number of carbonyl (C=O) groups excluding carboxylic acids is 6. The number of benzene rings is 7. The van der Waals surface area contributed by atoms with Crippen molar-refractivity contribution in [3.05, 3.63) is 176 Å². The lowest BCUT2D eigenvalue weighted by atomic mass is 9.79. The number of ether oxygens (including phenoxy) is 6. The molecular weight excluding hydrogens is 1530 g/mol. The van der Waals surface area contributed by atoms with E-state index in [0.717, 1.165) is 28.8 Å². The topological polar surface area (TPSA) is 458 Å². The van der Waals surface area contributed by atoms with Crippen molar-refractivity contribution in [2.45, 2.75) is 171 Å². The molecular formula is C82H89Cl3N6O22. The summed E-state index contributed by atoms with van der Waals surface area (Å²) < 4.78 is 39.9. The highest BCUT2D eigenvalue weighted by molar-refractivity contribution is 6.32. The van der Waals surface area contributed by atoms with Crippen LogP contribution in [0.2, 0.25) is 15.1 Å². The molecule has 18 atom stereocenters. The van der Waals surface area contributed by atoms with Gasteiger partial charge in [0.2, 0.25) is 35.7 Å². The second-order valence-electron chi connectivity index (χ2n) is 30.1. The summed E-state index contributed by atoms with van der Waals surface area (Å²) >= 11 is 20.6. The molecule has 11 bridgehead atoms. The molecule has 2 fully saturated rings. The molecule has 0 radical (unpaired) electrons. The summed E-state index contributed by atoms with van der Waals surface area (Å²) in [5.74, 6) is -15.4. The first-order valence-electron chi connectivity index (χ1n) is 36.9. The van der Waals surface area contributed by atoms with E-state index in [2.05, 4.69) is 21.3 Å². The lowest BCUT2D eigenvalue weighted by Crippen LogP contribution is -2.65. The van der Waals surface area contributed by atoms with Gasteiger partial charge in [0, 0.05) is 84.0 Å². The minimum atomic E-state index is -2.00. The van der Waals surface area contributed by atoms with Gasteiger partial charge in [-0.2, -0.15) is 0 Å². The number of ketones is 2. The standard InChI is InChI=1S/C82H89Cl3N6O22/c1-36(2)20-37(3)78(105)91-70-60(98)24-46(27-66(87)99)79(106)90-69-45-25-63(109-61-18-13-43(22-53(61)84)71(100)52-31-58(96)49(30-55(69)86)42-12-17-57(95)51(21-42)68-50(28-48(94)29-59(68)97)56(34-92)89-80(52)107)75(64(26-45)110-62-19-14-44(72(70)101)23-54(62)85)113-81-76(74(103)73(102)65(35-93)111-81)112-67-32-82(5,77(104)38(4)108-67)88-33-39-6-8-40(9-7-39)41-10-15-47(83)16-11-41/h6-19,21-23,25-26,28-29,36-38,46,49,52,56,65,67,69-74,76-77,81,86,88,92-95,97,100-104H,20,24,27,30-35H2,1-5H3,(H2,87,99)(H,89,107)(H,90,106)(H,91,105)/t37-,38+,46+,49+,52+,56-,65?,67+,69-,70+,71-,72-,73?,74+,76-,77-,81?,82?/m1/s1. The van der Waals surface area contributed by atoms with E-state index in [1.165, 1.54) is 66.7 Å². The molecule has 31 heteroatoms. The Balaban J connectivity index is 1.03. The van der Waals surface area contributed by atoms with Gasteiger partial charge in [0.25, 0.3) is 0 Å². The van der Waals surface area contributed by atoms with Gasteiger partial charge < -0.3 is 112 Å². The zero-order valence-corrected chi connectivity index (χ0v) is 64.2. The number of aliphatic hydroxyl groups is 7. The van der Waals surface area contributed by atoms with Crippen molar-refractivity contribution in [3.8, 4) is 68.2 Å². The third-order valence-electron chi connectivity index (χ3n) is 21.4. The Labute approximate surface area is 664 Å². The Morgan fingerprint density at radius 3 is 1.93 bits per heavy atom. The Kier molecular flexibility index (Phi) is 25.6. The van der Waals surface area contributed by atoms with Gasteiger partial charge in [-0.25, -0.2) is 0 Å². The molecule has 113 heavy (non-hydrogen) atoms. The molecule has 0 aromatic heterocycles. The largest absolute Gasteiger partial charge is 0.508 e. The van der Waals surface area contributed by atoms with E-state index in [0.29, 0.717) is 11.4 Å². The molecule has 0 saturated carbocycles. The van der Waals surface area contributed by atoms with E-state index < -0.39 is 223 Å². The number of aromatic hydroxyl groups is 3. The fourth-order valence-electron chi connectivity index (χ4n) is 15.3. The molecule has 4 unspecified atom stereocenters. The van der Waals surface area contributed by atoms with Crippen molar-refractivity contribution in [2.75, 3.05) is 13.2 Å². The summed E-state index contributed by atoms with van der Waals surface area (Å²) in [7, 11) is 0. The van der Waals surface area contributed by atoms with Crippen molar-refractivity contribution >= 4 is 75.7 Å². The monoisotopic (exact) mass is 1610 g/mol. The first-order valence-corrected chi connectivity index (χ1v) is 38.0. The minimum Gasteiger partial charge on any atom is -0.508 e. The smallest absolute Gasteiger partial charge is 0.230 e. The number of hydrogen-bond donors (Lipinski definition) is 16. The average Bonchev–Trinajstić information content (AvgIpc) is 0.781. The molecule has 7 aromatic carbocycles. The predicted octanol–water partition coefficient (Wildman–Crippen LogP) is 8.73. The third-order valence-corrected chi connectivity index (χ3v) is 22.3. The minimum absolute atomic E-state index is 0.00308. The Morgan fingerprint density at radius 1 is 0.690 bits per heavy atom. The summed E-state index contributed by atoms with van der Waals surface area (Å²) in [5, 5.41) is 139. The molecule has 14 rings (SSSR count). The van der Waals surface area contributed by atoms with Gasteiger partial charge >= 0.3 is 0 Å². The van der Waals surface area contributed by atoms with E-state index in [-0.39, 0.29) is 79.4 Å². The summed E-state index contributed by atoms with van der Waals surface area (Å²) in [6.07, 6.45) is -19.9. The maximum atomic E-state index is 15.7. The second-order valence-corrected chi connectivity index (χ2v) is 31.4. The predicted molar refractivity (Wildman–Crippen MR) is 411 cm³/mol. The number of aliphatic hydroxyl groups excluding tert-OH is 7. The van der Waals surface area contributed by atoms with E-state index >= 15 is 19.2 Å². The highest BCUT2D eigenvalue weighted by Gasteiger charge is 2.52. The van der Waals surface area contributed by atoms with Crippen LogP contribution in [-0.4, -0.2) is 166 Å². The van der Waals surface area contributed by atoms with Crippen LogP contribution in [0.25, 0.3) is 22.3 Å². The number of halogens is 3. The number of phenolic OH excluding ortho intramolecular Hbond substituents is 3. The number of hydrogen-bond acceptors (Lipinski definition) is 24. The van der Waals surface area contributed by atoms with Gasteiger partial charge in [-0.3, -0.25) is 28.8 Å². The van der Waals surface area contributed by atoms with Gasteiger partial charge in [0.1, 0.15) is 65.0 Å². The van der Waals surface area contributed by atoms with Crippen molar-refractivity contribution in [1.29, 1.82) is 5.41 Å². The molecule has 0 aliphatic carbocycles. The number of rotatable bonds is 16. The van der Waals surface area contributed by atoms with Gasteiger partial charge in [-0.05, 0) is 137 Å². The van der Waals surface area contributed by atoms with Gasteiger partial charge in [-0.15, -0.1) is 0 Å². The first-order chi connectivity index (χ1) is 53.7. The number of nitrogens with one attached hydrogen (secondary N) is 5. The van der Waals surface area contributed by atoms with Gasteiger partial charge in [0.05, 0.1) is 65.5 Å². The lowest BCUT2D eigenvalue weighted by Gasteiger charge is -2.48. The van der Waals surface area contributed by atoms with Gasteiger partial charge in [-0.1, -0.05) is 110 Å². The second kappa shape index (κ2) is 34.8. The van der Waals surface area contributed by atoms with Crippen LogP contribution in [0.3, 0.4) is 0 Å². The normalized spacial score (nSPS) is 27.8. The summed E-state index contributed by atoms with van der Waals surface area (Å²) in [6.45, 7) is 7.12. The fraction of sp³-hybridized carbons (Fsp3) is 0.402. The van der Waals surface area contributed by atoms with Crippen LogP contribution in [0.4, 0.5) is 0 Å². The first kappa shape index (κ1) is 83.1. The van der Waals surface area contributed by atoms with Crippen LogP contribution in [0.5, 0.6) is 46.0 Å². The van der Waals surface area contributed by atoms with Crippen molar-refractivity contribution in [2.24, 2.45) is 29.4 Å². The summed E-state index contributed by atoms with van der Waals surface area (Å²) in [4.78, 5) is 88.8. The number of phenols is 3. The molecule has 7 aromatic rings. The maximum absolute atomic E-state index is 15.7. The van der Waals surface area contributed by atoms with Crippen LogP contribution in [0.1, 0.15) is 137 Å². The average molecular weight is 1620 g/mol. The summed E-state index contributed by atoms with van der Waals surface area (Å²) in [6, 6.07) is 25.7. The molecule has 0 spiro atoms. The van der Waals surface area contributed by atoms with Crippen molar-refractivity contribution < 1.29 is 108 Å². The van der Waals surface area contributed by atoms with Crippen LogP contribution in [0.15, 0.2) is 127 Å². The van der Waals surface area contributed by atoms with Crippen LogP contribution < -0.4 is 41.2 Å². The quantitative estimate of drug-likeness (QED) is 0.0430. The van der Waals surface area contributed by atoms with E-state index in [1.54, 1.807) is 32.9 Å². The highest BCUT2D eigenvalue weighted by atomic mass is 35.5. The molecule has 4 amide bonds. The van der Waals surface area contributed by atoms with E-state index in [9.17, 15) is 66.1 Å². The van der Waals surface area contributed by atoms with E-state index in [4.69, 9.17) is 69.0 Å². The number of carbonyl (C=O) groups is 6. The number of nitrogens with two attached hydrogens (primary N) is 1. The van der Waals surface area contributed by atoms with Crippen LogP contribution >= 0.6 is 34.8 Å². The van der Waals surface area contributed by atoms with Gasteiger partial charge in [0.15, 0.2) is 29.7 Å². The summed E-state index contributed by atoms with van der Waals surface area (Å²) in [5.41, 5.74) is 5.87. The molecule has 7 heterocycles. The number of primary amides is 1. The fourth-order valence-corrected chi connectivity index (χ4v) is 15.9. The Bertz CT molecular complexity index is 4770.